The van der Waals surface area contributed by atoms with Gasteiger partial charge in [-0.25, -0.2) is 9.97 Å². The van der Waals surface area contributed by atoms with Crippen LogP contribution in [0.4, 0.5) is 5.82 Å². The van der Waals surface area contributed by atoms with Crippen molar-refractivity contribution in [3.05, 3.63) is 114 Å². The molecule has 0 saturated heterocycles. The summed E-state index contributed by atoms with van der Waals surface area (Å²) in [5.74, 6) is 1.15. The van der Waals surface area contributed by atoms with Gasteiger partial charge in [-0.2, -0.15) is 4.98 Å². The minimum Gasteiger partial charge on any atom is -0.461 e. The Morgan fingerprint density at radius 3 is 2.39 bits per heavy atom. The maximum Gasteiger partial charge on any atom is 0.316 e. The van der Waals surface area contributed by atoms with Crippen LogP contribution in [0, 0.1) is 27.7 Å². The number of hydrogen-bond acceptors (Lipinski definition) is 13. The highest BCUT2D eigenvalue weighted by Crippen LogP contribution is 2.39. The third kappa shape index (κ3) is 9.98. The number of carbonyl (C=O) groups excluding carboxylic acids is 2. The lowest BCUT2D eigenvalue weighted by molar-refractivity contribution is -0.121. The number of ether oxygens (including phenoxy) is 3. The summed E-state index contributed by atoms with van der Waals surface area (Å²) in [7, 11) is 0. The second kappa shape index (κ2) is 19.1. The number of nitrogens with zero attached hydrogens (tertiary/aromatic N) is 7. The van der Waals surface area contributed by atoms with Gasteiger partial charge in [0.25, 0.3) is 5.91 Å². The molecule has 0 spiro atoms. The van der Waals surface area contributed by atoms with Gasteiger partial charge in [0.2, 0.25) is 5.91 Å². The first kappa shape index (κ1) is 42.3. The number of amides is 2. The standard InChI is InChI=1S/C40H38Cl3N9O5S2/c1-21-23(3)59-39-34(21)35(25-5-8-27(41)9-6-25)47-31(36-51-50-24(4)52(36)39)18-33(53)44-11-12-55-13-14-56-15-16-57-40-45-19-28(22(2)46-40)37(54)48-32-20-58-38(49-32)26-7-10-29(42)30(43)17-26/h5-10,17,19-20,31H,11-16,18H2,1-4H3,(H,44,53)(H,48,54)/t31-/m0/s1. The predicted octanol–water partition coefficient (Wildman–Crippen LogP) is 8.20. The Labute approximate surface area is 363 Å². The van der Waals surface area contributed by atoms with Crippen LogP contribution in [0.15, 0.2) is 59.0 Å². The molecule has 6 aromatic rings. The predicted molar refractivity (Wildman–Crippen MR) is 230 cm³/mol. The van der Waals surface area contributed by atoms with Gasteiger partial charge in [0.1, 0.15) is 34.3 Å². The quantitative estimate of drug-likeness (QED) is 0.0905. The molecule has 7 rings (SSSR count). The van der Waals surface area contributed by atoms with E-state index < -0.39 is 11.9 Å². The molecule has 14 nitrogen and oxygen atoms in total. The first-order valence-corrected chi connectivity index (χ1v) is 21.3. The number of benzene rings is 2. The number of rotatable bonds is 16. The summed E-state index contributed by atoms with van der Waals surface area (Å²) in [5, 5.41) is 19.4. The Morgan fingerprint density at radius 1 is 0.881 bits per heavy atom. The number of thiazole rings is 1. The summed E-state index contributed by atoms with van der Waals surface area (Å²) in [6.07, 6.45) is 1.49. The number of nitrogens with one attached hydrogen (secondary N) is 2. The summed E-state index contributed by atoms with van der Waals surface area (Å²) < 4.78 is 18.9. The van der Waals surface area contributed by atoms with Crippen molar-refractivity contribution in [2.75, 3.05) is 44.9 Å². The van der Waals surface area contributed by atoms with Crippen molar-refractivity contribution in [2.24, 2.45) is 4.99 Å². The number of thiophene rings is 1. The molecular weight excluding hydrogens is 857 g/mol. The number of halogens is 3. The average molecular weight is 895 g/mol. The molecule has 2 aromatic carbocycles. The van der Waals surface area contributed by atoms with Crippen LogP contribution in [0.2, 0.25) is 15.1 Å². The number of fused-ring (bicyclic) bond motifs is 3. The summed E-state index contributed by atoms with van der Waals surface area (Å²) in [4.78, 5) is 45.4. The van der Waals surface area contributed by atoms with Crippen molar-refractivity contribution in [2.45, 2.75) is 40.2 Å². The van der Waals surface area contributed by atoms with Crippen LogP contribution in [-0.2, 0) is 14.3 Å². The van der Waals surface area contributed by atoms with E-state index in [-0.39, 0.29) is 37.1 Å². The smallest absolute Gasteiger partial charge is 0.316 e. The Hall–Kier alpha value is -4.81. The largest absolute Gasteiger partial charge is 0.461 e. The van der Waals surface area contributed by atoms with Gasteiger partial charge >= 0.3 is 6.01 Å². The zero-order valence-corrected chi connectivity index (χ0v) is 36.2. The van der Waals surface area contributed by atoms with Crippen LogP contribution < -0.4 is 15.4 Å². The van der Waals surface area contributed by atoms with Gasteiger partial charge in [-0.05, 0) is 57.5 Å². The lowest BCUT2D eigenvalue weighted by Gasteiger charge is -2.13. The summed E-state index contributed by atoms with van der Waals surface area (Å²) in [6.45, 7) is 9.50. The number of aliphatic imine (C=N–C) groups is 1. The third-order valence-corrected chi connectivity index (χ3v) is 12.3. The molecule has 4 aromatic heterocycles. The second-order valence-electron chi connectivity index (χ2n) is 13.3. The maximum absolute atomic E-state index is 13.2. The molecule has 1 aliphatic rings. The summed E-state index contributed by atoms with van der Waals surface area (Å²) in [5.41, 5.74) is 5.35. The number of aryl methyl sites for hydroxylation is 3. The lowest BCUT2D eigenvalue weighted by atomic mass is 9.99. The van der Waals surface area contributed by atoms with Crippen LogP contribution in [0.1, 0.15) is 61.7 Å². The zero-order valence-electron chi connectivity index (χ0n) is 32.3. The van der Waals surface area contributed by atoms with Crippen LogP contribution in [-0.4, -0.2) is 86.8 Å². The van der Waals surface area contributed by atoms with E-state index in [2.05, 4.69) is 49.6 Å². The van der Waals surface area contributed by atoms with Crippen molar-refractivity contribution in [1.29, 1.82) is 0 Å². The highest BCUT2D eigenvalue weighted by molar-refractivity contribution is 7.15. The molecule has 2 N–H and O–H groups in total. The van der Waals surface area contributed by atoms with Gasteiger partial charge in [-0.3, -0.25) is 19.1 Å². The van der Waals surface area contributed by atoms with Crippen molar-refractivity contribution in [1.82, 2.24) is 35.0 Å². The fourth-order valence-electron chi connectivity index (χ4n) is 6.17. The Kier molecular flexibility index (Phi) is 13.7. The van der Waals surface area contributed by atoms with Crippen LogP contribution in [0.25, 0.3) is 15.6 Å². The highest BCUT2D eigenvalue weighted by atomic mass is 35.5. The lowest BCUT2D eigenvalue weighted by Crippen LogP contribution is -2.29. The van der Waals surface area contributed by atoms with Gasteiger partial charge in [0.15, 0.2) is 5.82 Å². The van der Waals surface area contributed by atoms with Crippen molar-refractivity contribution < 1.29 is 23.8 Å². The van der Waals surface area contributed by atoms with Gasteiger partial charge < -0.3 is 24.8 Å². The minimum atomic E-state index is -0.560. The van der Waals surface area contributed by atoms with Gasteiger partial charge in [0.05, 0.1) is 59.9 Å². The van der Waals surface area contributed by atoms with E-state index >= 15 is 0 Å². The van der Waals surface area contributed by atoms with E-state index in [1.165, 1.54) is 22.4 Å². The monoisotopic (exact) mass is 893 g/mol. The summed E-state index contributed by atoms with van der Waals surface area (Å²) in [6, 6.07) is 12.4. The third-order valence-electron chi connectivity index (χ3n) is 9.25. The van der Waals surface area contributed by atoms with E-state index in [0.29, 0.717) is 63.8 Å². The van der Waals surface area contributed by atoms with Crippen LogP contribution >= 0.6 is 57.5 Å². The molecule has 59 heavy (non-hydrogen) atoms. The van der Waals surface area contributed by atoms with E-state index in [0.717, 1.165) is 38.8 Å². The Bertz CT molecular complexity index is 2520. The van der Waals surface area contributed by atoms with E-state index in [1.807, 2.05) is 41.8 Å². The zero-order chi connectivity index (χ0) is 41.6. The second-order valence-corrected chi connectivity index (χ2v) is 16.6. The normalized spacial score (nSPS) is 13.3. The number of hydrogen-bond donors (Lipinski definition) is 2. The molecule has 0 aliphatic carbocycles. The van der Waals surface area contributed by atoms with Crippen molar-refractivity contribution in [3.63, 3.8) is 0 Å². The number of aromatic nitrogens is 6. The van der Waals surface area contributed by atoms with Crippen molar-refractivity contribution >= 4 is 80.8 Å². The molecular formula is C40H38Cl3N9O5S2. The van der Waals surface area contributed by atoms with Gasteiger partial charge in [0, 0.05) is 44.7 Å². The molecule has 0 fully saturated rings. The molecule has 0 radical (unpaired) electrons. The first-order chi connectivity index (χ1) is 28.5. The van der Waals surface area contributed by atoms with Crippen LogP contribution in [0.3, 0.4) is 0 Å². The van der Waals surface area contributed by atoms with Gasteiger partial charge in [-0.15, -0.1) is 32.9 Å². The molecule has 2 amide bonds. The molecule has 19 heteroatoms. The Morgan fingerprint density at radius 2 is 1.63 bits per heavy atom. The first-order valence-electron chi connectivity index (χ1n) is 18.4. The van der Waals surface area contributed by atoms with E-state index in [9.17, 15) is 9.59 Å². The molecule has 1 atom stereocenters. The SMILES string of the molecule is Cc1nc(OCCOCCOCCNC(=O)C[C@@H]2N=C(c3ccc(Cl)cc3)c3c(sc(C)c3C)-n3c(C)nnc32)ncc1C(=O)Nc1csc(-c2ccc(Cl)c(Cl)c2)n1. The number of carbonyl (C=O) groups is 2. The topological polar surface area (TPSA) is 168 Å². The van der Waals surface area contributed by atoms with Crippen molar-refractivity contribution in [3.8, 4) is 21.6 Å². The highest BCUT2D eigenvalue weighted by Gasteiger charge is 2.32. The van der Waals surface area contributed by atoms with Crippen LogP contribution in [0.5, 0.6) is 6.01 Å². The Balaban J connectivity index is 0.818. The minimum absolute atomic E-state index is 0.0834. The van der Waals surface area contributed by atoms with Gasteiger partial charge in [-0.1, -0.05) is 53.0 Å². The van der Waals surface area contributed by atoms with E-state index in [1.54, 1.807) is 35.8 Å². The average Bonchev–Trinajstić information content (AvgIpc) is 3.89. The number of anilines is 1. The molecule has 306 valence electrons. The molecule has 5 heterocycles. The summed E-state index contributed by atoms with van der Waals surface area (Å²) >= 11 is 21.4. The fourth-order valence-corrected chi connectivity index (χ4v) is 8.56. The molecule has 0 unspecified atom stereocenters. The maximum atomic E-state index is 13.2. The fraction of sp³-hybridized carbons (Fsp3) is 0.300. The van der Waals surface area contributed by atoms with E-state index in [4.69, 9.17) is 54.0 Å². The molecule has 0 bridgehead atoms. The molecule has 1 aliphatic heterocycles. The molecule has 0 saturated carbocycles.